The van der Waals surface area contributed by atoms with Crippen LogP contribution in [0.4, 0.5) is 5.69 Å². The summed E-state index contributed by atoms with van der Waals surface area (Å²) in [5.41, 5.74) is 2.61. The Hall–Kier alpha value is -2.87. The summed E-state index contributed by atoms with van der Waals surface area (Å²) >= 11 is 1.80. The molecule has 1 aromatic carbocycles. The summed E-state index contributed by atoms with van der Waals surface area (Å²) in [6.07, 6.45) is 1.00. The molecule has 2 aromatic heterocycles. The molecule has 0 amide bonds. The minimum atomic E-state index is 0.525. The van der Waals surface area contributed by atoms with E-state index < -0.39 is 0 Å². The van der Waals surface area contributed by atoms with Gasteiger partial charge >= 0.3 is 0 Å². The van der Waals surface area contributed by atoms with Crippen LogP contribution in [0.2, 0.25) is 0 Å². The second-order valence-electron chi connectivity index (χ2n) is 7.93. The summed E-state index contributed by atoms with van der Waals surface area (Å²) < 4.78 is 2.00. The third-order valence-electron chi connectivity index (χ3n) is 5.73. The van der Waals surface area contributed by atoms with E-state index >= 15 is 0 Å². The average Bonchev–Trinajstić information content (AvgIpc) is 3.41. The Bertz CT molecular complexity index is 1000. The Morgan fingerprint density at radius 3 is 2.61 bits per heavy atom. The Kier molecular flexibility index (Phi) is 6.86. The number of nitrogens with one attached hydrogen (secondary N) is 1. The lowest BCUT2D eigenvalue weighted by Crippen LogP contribution is -2.53. The summed E-state index contributed by atoms with van der Waals surface area (Å²) in [4.78, 5) is 11.1. The van der Waals surface area contributed by atoms with Crippen LogP contribution in [0, 0.1) is 13.8 Å². The second kappa shape index (κ2) is 9.96. The van der Waals surface area contributed by atoms with Gasteiger partial charge in [-0.1, -0.05) is 18.2 Å². The van der Waals surface area contributed by atoms with Crippen LogP contribution in [0.1, 0.15) is 22.1 Å². The molecule has 1 N–H and O–H groups in total. The van der Waals surface area contributed by atoms with Gasteiger partial charge in [0.15, 0.2) is 11.8 Å². The van der Waals surface area contributed by atoms with E-state index in [1.54, 1.807) is 11.3 Å². The fourth-order valence-electron chi connectivity index (χ4n) is 3.76. The van der Waals surface area contributed by atoms with Gasteiger partial charge in [-0.3, -0.25) is 0 Å². The lowest BCUT2D eigenvalue weighted by Gasteiger charge is -2.38. The van der Waals surface area contributed by atoms with Crippen LogP contribution in [0.3, 0.4) is 0 Å². The van der Waals surface area contributed by atoms with Crippen LogP contribution in [0.25, 0.3) is 0 Å². The van der Waals surface area contributed by atoms with E-state index in [9.17, 15) is 0 Å². The molecule has 4 rings (SSSR count). The molecule has 0 atom stereocenters. The Morgan fingerprint density at radius 1 is 1.10 bits per heavy atom. The molecule has 1 aliphatic heterocycles. The number of hydrogen-bond donors (Lipinski definition) is 1. The van der Waals surface area contributed by atoms with E-state index in [1.165, 1.54) is 16.1 Å². The predicted molar refractivity (Wildman–Crippen MR) is 128 cm³/mol. The fraction of sp³-hybridized carbons (Fsp3) is 0.435. The molecule has 0 saturated carbocycles. The Labute approximate surface area is 188 Å². The quantitative estimate of drug-likeness (QED) is 0.475. The van der Waals surface area contributed by atoms with Gasteiger partial charge in [0, 0.05) is 50.3 Å². The zero-order valence-corrected chi connectivity index (χ0v) is 19.4. The van der Waals surface area contributed by atoms with E-state index in [4.69, 9.17) is 4.99 Å². The molecule has 0 unspecified atom stereocenters. The number of hydrogen-bond acceptors (Lipinski definition) is 5. The third-order valence-corrected chi connectivity index (χ3v) is 6.67. The first kappa shape index (κ1) is 21.4. The van der Waals surface area contributed by atoms with E-state index in [0.29, 0.717) is 6.54 Å². The zero-order valence-electron chi connectivity index (χ0n) is 18.6. The highest BCUT2D eigenvalue weighted by molar-refractivity contribution is 7.09. The van der Waals surface area contributed by atoms with Crippen molar-refractivity contribution in [3.8, 4) is 0 Å². The van der Waals surface area contributed by atoms with Crippen molar-refractivity contribution < 1.29 is 0 Å². The van der Waals surface area contributed by atoms with Crippen molar-refractivity contribution in [1.29, 1.82) is 0 Å². The molecule has 8 heteroatoms. The molecule has 164 valence electrons. The molecular formula is C23H31N7S. The Balaban J connectivity index is 1.41. The molecule has 0 radical (unpaired) electrons. The molecule has 3 aromatic rings. The van der Waals surface area contributed by atoms with Crippen LogP contribution < -0.4 is 10.2 Å². The largest absolute Gasteiger partial charge is 0.368 e. The first-order chi connectivity index (χ1) is 15.1. The highest BCUT2D eigenvalue weighted by Gasteiger charge is 2.20. The lowest BCUT2D eigenvalue weighted by molar-refractivity contribution is 0.371. The molecule has 0 aliphatic carbocycles. The number of aryl methyl sites for hydroxylation is 2. The predicted octanol–water partition coefficient (Wildman–Crippen LogP) is 3.00. The number of thiophene rings is 1. The molecule has 7 nitrogen and oxygen atoms in total. The van der Waals surface area contributed by atoms with Crippen molar-refractivity contribution in [3.05, 3.63) is 63.9 Å². The van der Waals surface area contributed by atoms with Gasteiger partial charge < -0.3 is 19.7 Å². The van der Waals surface area contributed by atoms with Gasteiger partial charge in [0.05, 0.1) is 0 Å². The highest BCUT2D eigenvalue weighted by Crippen LogP contribution is 2.18. The topological polar surface area (TPSA) is 61.6 Å². The van der Waals surface area contributed by atoms with Crippen LogP contribution in [-0.2, 0) is 20.0 Å². The minimum absolute atomic E-state index is 0.525. The maximum absolute atomic E-state index is 4.92. The number of aromatic nitrogens is 3. The smallest absolute Gasteiger partial charge is 0.194 e. The average molecular weight is 438 g/mol. The number of nitrogens with zero attached hydrogens (tertiary/aromatic N) is 6. The van der Waals surface area contributed by atoms with Gasteiger partial charge in [0.1, 0.15) is 12.4 Å². The highest BCUT2D eigenvalue weighted by atomic mass is 32.1. The summed E-state index contributed by atoms with van der Waals surface area (Å²) in [6, 6.07) is 13.0. The van der Waals surface area contributed by atoms with E-state index in [0.717, 1.165) is 56.8 Å². The molecule has 31 heavy (non-hydrogen) atoms. The van der Waals surface area contributed by atoms with Gasteiger partial charge in [0.25, 0.3) is 0 Å². The maximum atomic E-state index is 4.92. The van der Waals surface area contributed by atoms with Crippen molar-refractivity contribution in [3.63, 3.8) is 0 Å². The first-order valence-electron chi connectivity index (χ1n) is 10.8. The summed E-state index contributed by atoms with van der Waals surface area (Å²) in [5.74, 6) is 2.75. The van der Waals surface area contributed by atoms with Gasteiger partial charge in [0.2, 0.25) is 0 Å². The first-order valence-corrected chi connectivity index (χ1v) is 11.7. The SMILES string of the molecule is Cc1cccc(N2CCN(C(=NCc3nnc(C)n3C)NCCc3cccs3)CC2)c1. The number of piperazine rings is 1. The maximum Gasteiger partial charge on any atom is 0.194 e. The van der Waals surface area contributed by atoms with E-state index in [-0.39, 0.29) is 0 Å². The number of benzene rings is 1. The zero-order chi connectivity index (χ0) is 21.6. The van der Waals surface area contributed by atoms with Gasteiger partial charge in [-0.25, -0.2) is 4.99 Å². The summed E-state index contributed by atoms with van der Waals surface area (Å²) in [5, 5.41) is 14.1. The van der Waals surface area contributed by atoms with Crippen molar-refractivity contribution in [2.75, 3.05) is 37.6 Å². The Morgan fingerprint density at radius 2 is 1.94 bits per heavy atom. The van der Waals surface area contributed by atoms with E-state index in [2.05, 4.69) is 74.0 Å². The van der Waals surface area contributed by atoms with Crippen molar-refractivity contribution in [2.24, 2.45) is 12.0 Å². The number of aliphatic imine (C=N–C) groups is 1. The van der Waals surface area contributed by atoms with Crippen molar-refractivity contribution >= 4 is 23.0 Å². The van der Waals surface area contributed by atoms with E-state index in [1.807, 2.05) is 18.5 Å². The summed E-state index contributed by atoms with van der Waals surface area (Å²) in [6.45, 7) is 9.36. The van der Waals surface area contributed by atoms with Crippen LogP contribution in [0.15, 0.2) is 46.8 Å². The third kappa shape index (κ3) is 5.44. The lowest BCUT2D eigenvalue weighted by atomic mass is 10.2. The van der Waals surface area contributed by atoms with Crippen LogP contribution in [0.5, 0.6) is 0 Å². The van der Waals surface area contributed by atoms with Crippen LogP contribution >= 0.6 is 11.3 Å². The number of guanidine groups is 1. The monoisotopic (exact) mass is 437 g/mol. The molecule has 1 aliphatic rings. The molecule has 1 fully saturated rings. The normalized spacial score (nSPS) is 14.9. The van der Waals surface area contributed by atoms with Crippen LogP contribution in [-0.4, -0.2) is 58.3 Å². The fourth-order valence-corrected chi connectivity index (χ4v) is 4.46. The second-order valence-corrected chi connectivity index (χ2v) is 8.96. The van der Waals surface area contributed by atoms with Gasteiger partial charge in [-0.15, -0.1) is 21.5 Å². The molecular weight excluding hydrogens is 406 g/mol. The molecule has 1 saturated heterocycles. The van der Waals surface area contributed by atoms with Gasteiger partial charge in [-0.2, -0.15) is 0 Å². The number of rotatable bonds is 6. The molecule has 0 spiro atoms. The van der Waals surface area contributed by atoms with Crippen molar-refractivity contribution in [1.82, 2.24) is 25.0 Å². The summed E-state index contributed by atoms with van der Waals surface area (Å²) in [7, 11) is 1.99. The van der Waals surface area contributed by atoms with Crippen molar-refractivity contribution in [2.45, 2.75) is 26.8 Å². The minimum Gasteiger partial charge on any atom is -0.368 e. The standard InChI is InChI=1S/C23H31N7S/c1-18-6-4-7-20(16-18)29-11-13-30(14-12-29)23(24-10-9-21-8-5-15-31-21)25-17-22-27-26-19(2)28(22)3/h4-8,15-16H,9-14,17H2,1-3H3,(H,24,25). The van der Waals surface area contributed by atoms with Gasteiger partial charge in [-0.05, 0) is 49.4 Å². The number of anilines is 1. The molecule has 0 bridgehead atoms. The molecule has 3 heterocycles.